The molecule has 1 atom stereocenters. The van der Waals surface area contributed by atoms with E-state index >= 15 is 0 Å². The molecule has 5 nitrogen and oxygen atoms in total. The van der Waals surface area contributed by atoms with E-state index in [4.69, 9.17) is 0 Å². The van der Waals surface area contributed by atoms with Crippen molar-refractivity contribution in [1.29, 1.82) is 0 Å². The van der Waals surface area contributed by atoms with Crippen LogP contribution < -0.4 is 5.32 Å². The lowest BCUT2D eigenvalue weighted by Gasteiger charge is -2.09. The lowest BCUT2D eigenvalue weighted by atomic mass is 10.2. The molecule has 8 heteroatoms. The lowest BCUT2D eigenvalue weighted by Crippen LogP contribution is -2.28. The largest absolute Gasteiger partial charge is 0.350 e. The first-order chi connectivity index (χ1) is 9.47. The third-order valence-corrected chi connectivity index (χ3v) is 3.86. The number of aromatic nitrogens is 3. The molecule has 2 rings (SSSR count). The predicted octanol–water partition coefficient (Wildman–Crippen LogP) is 2.58. The molecule has 108 valence electrons. The van der Waals surface area contributed by atoms with Crippen molar-refractivity contribution in [3.63, 3.8) is 0 Å². The van der Waals surface area contributed by atoms with Crippen LogP contribution in [0.15, 0.2) is 17.6 Å². The van der Waals surface area contributed by atoms with Crippen molar-refractivity contribution >= 4 is 17.2 Å². The van der Waals surface area contributed by atoms with Gasteiger partial charge >= 0.3 is 6.55 Å². The van der Waals surface area contributed by atoms with Crippen LogP contribution in [-0.4, -0.2) is 27.2 Å². The van der Waals surface area contributed by atoms with Crippen LogP contribution in [0.5, 0.6) is 0 Å². The molecule has 0 radical (unpaired) electrons. The molecule has 0 aliphatic carbocycles. The van der Waals surface area contributed by atoms with Crippen LogP contribution in [0.4, 0.5) is 8.78 Å². The quantitative estimate of drug-likeness (QED) is 0.923. The smallest absolute Gasteiger partial charge is 0.333 e. The Morgan fingerprint density at radius 1 is 1.55 bits per heavy atom. The number of amides is 1. The monoisotopic (exact) mass is 300 g/mol. The molecule has 0 unspecified atom stereocenters. The van der Waals surface area contributed by atoms with Gasteiger partial charge in [0, 0.05) is 29.7 Å². The van der Waals surface area contributed by atoms with E-state index in [0.29, 0.717) is 11.2 Å². The van der Waals surface area contributed by atoms with E-state index in [1.165, 1.54) is 17.4 Å². The molecule has 0 saturated carbocycles. The number of hydrogen-bond acceptors (Lipinski definition) is 4. The van der Waals surface area contributed by atoms with Crippen LogP contribution in [0.25, 0.3) is 0 Å². The predicted molar refractivity (Wildman–Crippen MR) is 71.1 cm³/mol. The summed E-state index contributed by atoms with van der Waals surface area (Å²) in [6, 6.07) is 1.26. The third kappa shape index (κ3) is 3.38. The third-order valence-electron chi connectivity index (χ3n) is 2.67. The summed E-state index contributed by atoms with van der Waals surface area (Å²) < 4.78 is 25.1. The standard InChI is InChI=1S/C12H14F2N4OS/c1-7(11-16-8(2)6-20-11)5-15-10(19)9-3-4-18(17-9)12(13)14/h3-4,6-7,12H,5H2,1-2H3,(H,15,19)/t7-/m0/s1. The minimum Gasteiger partial charge on any atom is -0.350 e. The molecule has 2 aromatic heterocycles. The van der Waals surface area contributed by atoms with Crippen LogP contribution in [0.3, 0.4) is 0 Å². The summed E-state index contributed by atoms with van der Waals surface area (Å²) in [4.78, 5) is 16.1. The maximum Gasteiger partial charge on any atom is 0.333 e. The second kappa shape index (κ2) is 6.08. The molecule has 2 heterocycles. The average Bonchev–Trinajstić information content (AvgIpc) is 3.04. The van der Waals surface area contributed by atoms with E-state index in [1.807, 2.05) is 19.2 Å². The van der Waals surface area contributed by atoms with Crippen molar-refractivity contribution in [2.24, 2.45) is 0 Å². The van der Waals surface area contributed by atoms with Gasteiger partial charge in [-0.05, 0) is 13.0 Å². The van der Waals surface area contributed by atoms with Crippen LogP contribution in [0.1, 0.15) is 40.6 Å². The van der Waals surface area contributed by atoms with Crippen molar-refractivity contribution in [3.05, 3.63) is 34.0 Å². The topological polar surface area (TPSA) is 59.8 Å². The minimum absolute atomic E-state index is 0.0205. The zero-order valence-electron chi connectivity index (χ0n) is 11.0. The maximum absolute atomic E-state index is 12.3. The zero-order valence-corrected chi connectivity index (χ0v) is 11.8. The number of nitrogens with zero attached hydrogens (tertiary/aromatic N) is 3. The summed E-state index contributed by atoms with van der Waals surface area (Å²) in [5, 5.41) is 9.05. The molecule has 0 aliphatic rings. The number of nitrogens with one attached hydrogen (secondary N) is 1. The number of hydrogen-bond donors (Lipinski definition) is 1. The Morgan fingerprint density at radius 2 is 2.30 bits per heavy atom. The van der Waals surface area contributed by atoms with Crippen LogP contribution in [0.2, 0.25) is 0 Å². The van der Waals surface area contributed by atoms with E-state index < -0.39 is 12.5 Å². The van der Waals surface area contributed by atoms with Gasteiger partial charge in [-0.15, -0.1) is 11.3 Å². The van der Waals surface area contributed by atoms with Crippen LogP contribution >= 0.6 is 11.3 Å². The Morgan fingerprint density at radius 3 is 2.85 bits per heavy atom. The summed E-state index contributed by atoms with van der Waals surface area (Å²) in [7, 11) is 0. The van der Waals surface area contributed by atoms with Gasteiger partial charge in [0.2, 0.25) is 0 Å². The zero-order chi connectivity index (χ0) is 14.7. The fourth-order valence-corrected chi connectivity index (χ4v) is 2.45. The SMILES string of the molecule is Cc1csc([C@@H](C)CNC(=O)c2ccn(C(F)F)n2)n1. The summed E-state index contributed by atoms with van der Waals surface area (Å²) >= 11 is 1.53. The molecule has 0 spiro atoms. The number of carbonyl (C=O) groups is 1. The van der Waals surface area contributed by atoms with E-state index in [9.17, 15) is 13.6 Å². The molecule has 1 amide bonds. The van der Waals surface area contributed by atoms with Gasteiger partial charge in [0.15, 0.2) is 0 Å². The van der Waals surface area contributed by atoms with Gasteiger partial charge in [-0.25, -0.2) is 9.67 Å². The maximum atomic E-state index is 12.3. The highest BCUT2D eigenvalue weighted by Crippen LogP contribution is 2.19. The Labute approximate surface area is 118 Å². The fraction of sp³-hybridized carbons (Fsp3) is 0.417. The van der Waals surface area contributed by atoms with Gasteiger partial charge < -0.3 is 5.32 Å². The second-order valence-corrected chi connectivity index (χ2v) is 5.29. The molecule has 0 fully saturated rings. The number of carbonyl (C=O) groups excluding carboxylic acids is 1. The number of aryl methyl sites for hydroxylation is 1. The van der Waals surface area contributed by atoms with Crippen molar-refractivity contribution in [2.45, 2.75) is 26.3 Å². The van der Waals surface area contributed by atoms with Gasteiger partial charge in [0.25, 0.3) is 5.91 Å². The van der Waals surface area contributed by atoms with Gasteiger partial charge in [-0.3, -0.25) is 4.79 Å². The number of thiazole rings is 1. The molecule has 0 aromatic carbocycles. The lowest BCUT2D eigenvalue weighted by molar-refractivity contribution is 0.0560. The normalized spacial score (nSPS) is 12.7. The highest BCUT2D eigenvalue weighted by Gasteiger charge is 2.15. The summed E-state index contributed by atoms with van der Waals surface area (Å²) in [6.45, 7) is 1.49. The number of rotatable bonds is 5. The molecule has 2 aromatic rings. The summed E-state index contributed by atoms with van der Waals surface area (Å²) in [5.41, 5.74) is 0.923. The molecular formula is C12H14F2N4OS. The van der Waals surface area contributed by atoms with E-state index in [0.717, 1.165) is 16.9 Å². The highest BCUT2D eigenvalue weighted by atomic mass is 32.1. The Bertz CT molecular complexity index is 596. The molecule has 0 saturated heterocycles. The Kier molecular flexibility index (Phi) is 4.43. The minimum atomic E-state index is -2.74. The first-order valence-electron chi connectivity index (χ1n) is 6.01. The van der Waals surface area contributed by atoms with E-state index in [2.05, 4.69) is 15.4 Å². The van der Waals surface area contributed by atoms with Crippen molar-refractivity contribution in [3.8, 4) is 0 Å². The highest BCUT2D eigenvalue weighted by molar-refractivity contribution is 7.09. The first-order valence-corrected chi connectivity index (χ1v) is 6.89. The summed E-state index contributed by atoms with van der Waals surface area (Å²) in [5.74, 6) is -0.403. The fourth-order valence-electron chi connectivity index (χ4n) is 1.59. The number of alkyl halides is 2. The van der Waals surface area contributed by atoms with Crippen molar-refractivity contribution in [2.75, 3.05) is 6.54 Å². The van der Waals surface area contributed by atoms with Crippen molar-refractivity contribution in [1.82, 2.24) is 20.1 Å². The van der Waals surface area contributed by atoms with Crippen LogP contribution in [0, 0.1) is 6.92 Å². The van der Waals surface area contributed by atoms with Gasteiger partial charge in [0.05, 0.1) is 5.01 Å². The van der Waals surface area contributed by atoms with Crippen LogP contribution in [-0.2, 0) is 0 Å². The number of halogens is 2. The molecular weight excluding hydrogens is 286 g/mol. The Hall–Kier alpha value is -1.83. The average molecular weight is 300 g/mol. The Balaban J connectivity index is 1.91. The van der Waals surface area contributed by atoms with E-state index in [1.54, 1.807) is 0 Å². The molecule has 20 heavy (non-hydrogen) atoms. The van der Waals surface area contributed by atoms with Crippen molar-refractivity contribution < 1.29 is 13.6 Å². The van der Waals surface area contributed by atoms with Gasteiger partial charge in [-0.1, -0.05) is 6.92 Å². The van der Waals surface area contributed by atoms with E-state index in [-0.39, 0.29) is 11.6 Å². The summed E-state index contributed by atoms with van der Waals surface area (Å²) in [6.07, 6.45) is 1.08. The second-order valence-electron chi connectivity index (χ2n) is 4.40. The van der Waals surface area contributed by atoms with Gasteiger partial charge in [0.1, 0.15) is 5.69 Å². The molecule has 0 bridgehead atoms. The molecule has 1 N–H and O–H groups in total. The first kappa shape index (κ1) is 14.6. The molecule has 0 aliphatic heterocycles. The van der Waals surface area contributed by atoms with Gasteiger partial charge in [-0.2, -0.15) is 13.9 Å².